The van der Waals surface area contributed by atoms with Crippen molar-refractivity contribution < 1.29 is 4.74 Å². The van der Waals surface area contributed by atoms with Gasteiger partial charge in [-0.3, -0.25) is 4.98 Å². The molecular weight excluding hydrogens is 268 g/mol. The van der Waals surface area contributed by atoms with E-state index >= 15 is 0 Å². The zero-order valence-electron chi connectivity index (χ0n) is 9.87. The zero-order chi connectivity index (χ0) is 11.8. The van der Waals surface area contributed by atoms with Crippen LogP contribution in [0.4, 0.5) is 0 Å². The summed E-state index contributed by atoms with van der Waals surface area (Å²) in [6.07, 6.45) is 3.87. The maximum atomic E-state index is 5.17. The molecule has 0 amide bonds. The van der Waals surface area contributed by atoms with E-state index in [1.807, 2.05) is 12.3 Å². The van der Waals surface area contributed by atoms with Crippen LogP contribution in [0.15, 0.2) is 22.8 Å². The normalized spacial score (nSPS) is 12.7. The van der Waals surface area contributed by atoms with E-state index in [1.54, 1.807) is 7.11 Å². The lowest BCUT2D eigenvalue weighted by molar-refractivity contribution is 0.163. The van der Waals surface area contributed by atoms with Crippen LogP contribution in [0.5, 0.6) is 0 Å². The first kappa shape index (κ1) is 13.6. The molecule has 0 aliphatic heterocycles. The molecule has 0 bridgehead atoms. The second-order valence-corrected chi connectivity index (χ2v) is 4.63. The maximum Gasteiger partial charge on any atom is 0.0615 e. The summed E-state index contributed by atoms with van der Waals surface area (Å²) in [5.74, 6) is 0. The molecule has 0 spiro atoms. The summed E-state index contributed by atoms with van der Waals surface area (Å²) in [6, 6.07) is 4.50. The number of rotatable bonds is 7. The fourth-order valence-corrected chi connectivity index (χ4v) is 1.85. The van der Waals surface area contributed by atoms with Gasteiger partial charge in [0.05, 0.1) is 6.61 Å². The predicted octanol–water partition coefficient (Wildman–Crippen LogP) is 2.40. The van der Waals surface area contributed by atoms with Crippen molar-refractivity contribution in [2.75, 3.05) is 20.3 Å². The lowest BCUT2D eigenvalue weighted by atomic mass is 10.1. The molecule has 1 rings (SSSR count). The van der Waals surface area contributed by atoms with Crippen LogP contribution in [0.2, 0.25) is 0 Å². The van der Waals surface area contributed by atoms with E-state index in [9.17, 15) is 0 Å². The van der Waals surface area contributed by atoms with Crippen LogP contribution >= 0.6 is 15.9 Å². The highest BCUT2D eigenvalue weighted by molar-refractivity contribution is 9.10. The highest BCUT2D eigenvalue weighted by Gasteiger charge is 2.07. The molecule has 4 heteroatoms. The Bertz CT molecular complexity index is 284. The van der Waals surface area contributed by atoms with Gasteiger partial charge >= 0.3 is 0 Å². The van der Waals surface area contributed by atoms with Crippen LogP contribution < -0.4 is 5.32 Å². The molecule has 0 aliphatic rings. The number of aryl methyl sites for hydroxylation is 1. The topological polar surface area (TPSA) is 34.2 Å². The summed E-state index contributed by atoms with van der Waals surface area (Å²) in [4.78, 5) is 4.36. The second-order valence-electron chi connectivity index (χ2n) is 3.72. The third-order valence-electron chi connectivity index (χ3n) is 2.40. The van der Waals surface area contributed by atoms with E-state index in [-0.39, 0.29) is 0 Å². The monoisotopic (exact) mass is 286 g/mol. The molecular formula is C12H19BrN2O. The number of aromatic nitrogens is 1. The molecule has 0 saturated carbocycles. The summed E-state index contributed by atoms with van der Waals surface area (Å²) in [5.41, 5.74) is 1.13. The first-order valence-corrected chi connectivity index (χ1v) is 6.38. The van der Waals surface area contributed by atoms with Gasteiger partial charge in [-0.2, -0.15) is 0 Å². The lowest BCUT2D eigenvalue weighted by Gasteiger charge is -2.16. The van der Waals surface area contributed by atoms with Crippen molar-refractivity contribution in [1.82, 2.24) is 10.3 Å². The van der Waals surface area contributed by atoms with E-state index in [0.717, 1.165) is 36.2 Å². The molecule has 1 heterocycles. The number of likely N-dealkylation sites (N-methyl/N-ethyl adjacent to an activating group) is 1. The Morgan fingerprint density at radius 1 is 1.50 bits per heavy atom. The molecule has 0 radical (unpaired) electrons. The standard InChI is InChI=1S/C12H19BrN2O/c1-3-14-12(9-16-2)7-6-11-5-4-10(13)8-15-11/h4-5,8,12,14H,3,6-7,9H2,1-2H3. The highest BCUT2D eigenvalue weighted by Crippen LogP contribution is 2.09. The quantitative estimate of drug-likeness (QED) is 0.836. The number of halogens is 1. The van der Waals surface area contributed by atoms with Gasteiger partial charge in [0.15, 0.2) is 0 Å². The summed E-state index contributed by atoms with van der Waals surface area (Å²) in [7, 11) is 1.74. The van der Waals surface area contributed by atoms with E-state index in [1.165, 1.54) is 0 Å². The van der Waals surface area contributed by atoms with Gasteiger partial charge in [0.1, 0.15) is 0 Å². The molecule has 0 aliphatic carbocycles. The van der Waals surface area contributed by atoms with Crippen LogP contribution in [0, 0.1) is 0 Å². The molecule has 1 unspecified atom stereocenters. The average Bonchev–Trinajstić information content (AvgIpc) is 2.29. The van der Waals surface area contributed by atoms with E-state index in [0.29, 0.717) is 6.04 Å². The maximum absolute atomic E-state index is 5.17. The summed E-state index contributed by atoms with van der Waals surface area (Å²) in [6.45, 7) is 3.84. The van der Waals surface area contributed by atoms with Crippen LogP contribution in [0.25, 0.3) is 0 Å². The summed E-state index contributed by atoms with van der Waals surface area (Å²) in [5, 5.41) is 3.40. The van der Waals surface area contributed by atoms with E-state index in [2.05, 4.69) is 39.2 Å². The van der Waals surface area contributed by atoms with Gasteiger partial charge in [-0.05, 0) is 47.4 Å². The number of pyridine rings is 1. The van der Waals surface area contributed by atoms with E-state index < -0.39 is 0 Å². The molecule has 0 aromatic carbocycles. The lowest BCUT2D eigenvalue weighted by Crippen LogP contribution is -2.33. The number of ether oxygens (including phenoxy) is 1. The number of nitrogens with zero attached hydrogens (tertiary/aromatic N) is 1. The van der Waals surface area contributed by atoms with Crippen molar-refractivity contribution in [3.05, 3.63) is 28.5 Å². The molecule has 1 aromatic heterocycles. The fourth-order valence-electron chi connectivity index (χ4n) is 1.61. The summed E-state index contributed by atoms with van der Waals surface area (Å²) < 4.78 is 6.20. The van der Waals surface area contributed by atoms with Crippen molar-refractivity contribution in [2.24, 2.45) is 0 Å². The molecule has 1 aromatic rings. The van der Waals surface area contributed by atoms with Gasteiger partial charge in [0, 0.05) is 29.5 Å². The Hall–Kier alpha value is -0.450. The Kier molecular flexibility index (Phi) is 6.61. The average molecular weight is 287 g/mol. The van der Waals surface area contributed by atoms with Crippen molar-refractivity contribution >= 4 is 15.9 Å². The van der Waals surface area contributed by atoms with Crippen molar-refractivity contribution in [2.45, 2.75) is 25.8 Å². The number of hydrogen-bond donors (Lipinski definition) is 1. The minimum Gasteiger partial charge on any atom is -0.383 e. The first-order valence-electron chi connectivity index (χ1n) is 5.59. The number of nitrogens with one attached hydrogen (secondary N) is 1. The number of hydrogen-bond acceptors (Lipinski definition) is 3. The molecule has 0 fully saturated rings. The van der Waals surface area contributed by atoms with E-state index in [4.69, 9.17) is 4.74 Å². The molecule has 3 nitrogen and oxygen atoms in total. The van der Waals surface area contributed by atoms with Crippen LogP contribution in [0.3, 0.4) is 0 Å². The van der Waals surface area contributed by atoms with Gasteiger partial charge in [0.25, 0.3) is 0 Å². The minimum absolute atomic E-state index is 0.417. The van der Waals surface area contributed by atoms with Gasteiger partial charge in [0.2, 0.25) is 0 Å². The predicted molar refractivity (Wildman–Crippen MR) is 69.6 cm³/mol. The Labute approximate surface area is 106 Å². The Balaban J connectivity index is 2.38. The zero-order valence-corrected chi connectivity index (χ0v) is 11.5. The molecule has 0 saturated heterocycles. The Morgan fingerprint density at radius 3 is 2.88 bits per heavy atom. The third-order valence-corrected chi connectivity index (χ3v) is 2.87. The summed E-state index contributed by atoms with van der Waals surface area (Å²) >= 11 is 3.38. The fraction of sp³-hybridized carbons (Fsp3) is 0.583. The Morgan fingerprint density at radius 2 is 2.31 bits per heavy atom. The number of methoxy groups -OCH3 is 1. The minimum atomic E-state index is 0.417. The first-order chi connectivity index (χ1) is 7.76. The highest BCUT2D eigenvalue weighted by atomic mass is 79.9. The second kappa shape index (κ2) is 7.76. The van der Waals surface area contributed by atoms with Gasteiger partial charge < -0.3 is 10.1 Å². The van der Waals surface area contributed by atoms with Gasteiger partial charge in [-0.15, -0.1) is 0 Å². The van der Waals surface area contributed by atoms with Gasteiger partial charge in [-0.1, -0.05) is 6.92 Å². The molecule has 1 N–H and O–H groups in total. The van der Waals surface area contributed by atoms with Crippen molar-refractivity contribution in [3.8, 4) is 0 Å². The van der Waals surface area contributed by atoms with Crippen molar-refractivity contribution in [3.63, 3.8) is 0 Å². The van der Waals surface area contributed by atoms with Crippen LogP contribution in [-0.4, -0.2) is 31.3 Å². The molecule has 16 heavy (non-hydrogen) atoms. The van der Waals surface area contributed by atoms with Crippen LogP contribution in [0.1, 0.15) is 19.0 Å². The molecule has 90 valence electrons. The van der Waals surface area contributed by atoms with Crippen LogP contribution in [-0.2, 0) is 11.2 Å². The van der Waals surface area contributed by atoms with Gasteiger partial charge in [-0.25, -0.2) is 0 Å². The molecule has 1 atom stereocenters. The smallest absolute Gasteiger partial charge is 0.0615 e. The largest absolute Gasteiger partial charge is 0.383 e. The SMILES string of the molecule is CCNC(CCc1ccc(Br)cn1)COC. The third kappa shape index (κ3) is 5.05. The van der Waals surface area contributed by atoms with Crippen molar-refractivity contribution in [1.29, 1.82) is 0 Å².